The van der Waals surface area contributed by atoms with Crippen molar-refractivity contribution in [1.82, 2.24) is 4.98 Å². The second-order valence-electron chi connectivity index (χ2n) is 3.40. The number of hydrogen-bond donors (Lipinski definition) is 0. The van der Waals surface area contributed by atoms with Crippen LogP contribution in [0.4, 0.5) is 0 Å². The predicted molar refractivity (Wildman–Crippen MR) is 61.0 cm³/mol. The third kappa shape index (κ3) is 1.99. The number of rotatable bonds is 2. The summed E-state index contributed by atoms with van der Waals surface area (Å²) in [6.45, 7) is 2.10. The van der Waals surface area contributed by atoms with E-state index in [9.17, 15) is 0 Å². The molecule has 0 saturated carbocycles. The molecule has 0 atom stereocenters. The smallest absolute Gasteiger partial charge is 0.213 e. The van der Waals surface area contributed by atoms with Crippen LogP contribution in [0.3, 0.4) is 0 Å². The van der Waals surface area contributed by atoms with Crippen LogP contribution in [0.25, 0.3) is 11.1 Å². The lowest BCUT2D eigenvalue weighted by Crippen LogP contribution is -1.88. The summed E-state index contributed by atoms with van der Waals surface area (Å²) < 4.78 is 5.11. The molecule has 0 bridgehead atoms. The maximum atomic E-state index is 5.11. The number of aryl methyl sites for hydroxylation is 1. The second-order valence-corrected chi connectivity index (χ2v) is 3.40. The highest BCUT2D eigenvalue weighted by Crippen LogP contribution is 2.24. The van der Waals surface area contributed by atoms with E-state index in [0.29, 0.717) is 5.88 Å². The molecule has 0 spiro atoms. The molecule has 1 heterocycles. The Kier molecular flexibility index (Phi) is 2.68. The van der Waals surface area contributed by atoms with Crippen LogP contribution in [0, 0.1) is 6.92 Å². The summed E-state index contributed by atoms with van der Waals surface area (Å²) >= 11 is 0. The SMILES string of the molecule is COc1cc(-c2ccccc2C)ccn1. The topological polar surface area (TPSA) is 22.1 Å². The maximum absolute atomic E-state index is 5.11. The average Bonchev–Trinajstić information content (AvgIpc) is 2.30. The molecule has 0 saturated heterocycles. The molecule has 1 aromatic carbocycles. The van der Waals surface area contributed by atoms with Crippen LogP contribution in [-0.4, -0.2) is 12.1 Å². The van der Waals surface area contributed by atoms with E-state index < -0.39 is 0 Å². The van der Waals surface area contributed by atoms with Crippen LogP contribution in [0.2, 0.25) is 0 Å². The number of hydrogen-bond acceptors (Lipinski definition) is 2. The van der Waals surface area contributed by atoms with Crippen molar-refractivity contribution < 1.29 is 4.74 Å². The molecule has 0 aliphatic rings. The Hall–Kier alpha value is -1.83. The van der Waals surface area contributed by atoms with Gasteiger partial charge in [-0.05, 0) is 29.7 Å². The molecule has 2 nitrogen and oxygen atoms in total. The number of benzene rings is 1. The minimum Gasteiger partial charge on any atom is -0.481 e. The first-order valence-electron chi connectivity index (χ1n) is 4.87. The van der Waals surface area contributed by atoms with Crippen molar-refractivity contribution in [3.05, 3.63) is 48.2 Å². The lowest BCUT2D eigenvalue weighted by atomic mass is 10.0. The highest BCUT2D eigenvalue weighted by atomic mass is 16.5. The Morgan fingerprint density at radius 3 is 2.67 bits per heavy atom. The third-order valence-electron chi connectivity index (χ3n) is 2.40. The lowest BCUT2D eigenvalue weighted by Gasteiger charge is -2.06. The van der Waals surface area contributed by atoms with Gasteiger partial charge in [-0.15, -0.1) is 0 Å². The van der Waals surface area contributed by atoms with E-state index in [1.807, 2.05) is 24.3 Å². The molecule has 76 valence electrons. The van der Waals surface area contributed by atoms with Gasteiger partial charge in [-0.3, -0.25) is 0 Å². The molecule has 2 aromatic rings. The summed E-state index contributed by atoms with van der Waals surface area (Å²) in [5.74, 6) is 0.649. The van der Waals surface area contributed by atoms with Gasteiger partial charge in [0.15, 0.2) is 0 Å². The van der Waals surface area contributed by atoms with Crippen molar-refractivity contribution in [2.75, 3.05) is 7.11 Å². The largest absolute Gasteiger partial charge is 0.481 e. The Bertz CT molecular complexity index is 466. The number of ether oxygens (including phenoxy) is 1. The number of methoxy groups -OCH3 is 1. The quantitative estimate of drug-likeness (QED) is 0.741. The number of aromatic nitrogens is 1. The molecule has 0 aliphatic heterocycles. The molecule has 0 amide bonds. The fourth-order valence-corrected chi connectivity index (χ4v) is 1.59. The van der Waals surface area contributed by atoms with E-state index >= 15 is 0 Å². The van der Waals surface area contributed by atoms with Crippen molar-refractivity contribution in [1.29, 1.82) is 0 Å². The first-order valence-corrected chi connectivity index (χ1v) is 4.87. The first kappa shape index (κ1) is 9.71. The van der Waals surface area contributed by atoms with Crippen molar-refractivity contribution in [3.63, 3.8) is 0 Å². The molecule has 0 aliphatic carbocycles. The molecular formula is C13H13NO. The summed E-state index contributed by atoms with van der Waals surface area (Å²) in [6, 6.07) is 12.2. The second kappa shape index (κ2) is 4.13. The predicted octanol–water partition coefficient (Wildman–Crippen LogP) is 3.07. The number of nitrogens with zero attached hydrogens (tertiary/aromatic N) is 1. The Morgan fingerprint density at radius 1 is 1.13 bits per heavy atom. The summed E-state index contributed by atoms with van der Waals surface area (Å²) in [6.07, 6.45) is 1.76. The van der Waals surface area contributed by atoms with E-state index in [2.05, 4.69) is 24.0 Å². The standard InChI is InChI=1S/C13H13NO/c1-10-5-3-4-6-12(10)11-7-8-14-13(9-11)15-2/h3-9H,1-2H3. The zero-order chi connectivity index (χ0) is 10.7. The van der Waals surface area contributed by atoms with E-state index in [0.717, 1.165) is 5.56 Å². The highest BCUT2D eigenvalue weighted by Gasteiger charge is 2.02. The molecule has 0 fully saturated rings. The van der Waals surface area contributed by atoms with Gasteiger partial charge in [-0.25, -0.2) is 4.98 Å². The lowest BCUT2D eigenvalue weighted by molar-refractivity contribution is 0.398. The van der Waals surface area contributed by atoms with Gasteiger partial charge in [-0.2, -0.15) is 0 Å². The van der Waals surface area contributed by atoms with E-state index in [1.165, 1.54) is 11.1 Å². The highest BCUT2D eigenvalue weighted by molar-refractivity contribution is 5.67. The normalized spacial score (nSPS) is 10.0. The van der Waals surface area contributed by atoms with Gasteiger partial charge in [0, 0.05) is 12.3 Å². The fourth-order valence-electron chi connectivity index (χ4n) is 1.59. The maximum Gasteiger partial charge on any atom is 0.213 e. The Labute approximate surface area is 89.6 Å². The van der Waals surface area contributed by atoms with Gasteiger partial charge < -0.3 is 4.74 Å². The van der Waals surface area contributed by atoms with Gasteiger partial charge in [0.2, 0.25) is 5.88 Å². The minimum atomic E-state index is 0.649. The third-order valence-corrected chi connectivity index (χ3v) is 2.40. The number of pyridine rings is 1. The summed E-state index contributed by atoms with van der Waals surface area (Å²) in [5, 5.41) is 0. The van der Waals surface area contributed by atoms with Gasteiger partial charge >= 0.3 is 0 Å². The van der Waals surface area contributed by atoms with E-state index in [1.54, 1.807) is 13.3 Å². The van der Waals surface area contributed by atoms with Gasteiger partial charge in [0.05, 0.1) is 7.11 Å². The fraction of sp³-hybridized carbons (Fsp3) is 0.154. The van der Waals surface area contributed by atoms with Crippen LogP contribution >= 0.6 is 0 Å². The summed E-state index contributed by atoms with van der Waals surface area (Å²) in [5.41, 5.74) is 3.61. The molecular weight excluding hydrogens is 186 g/mol. The molecule has 2 rings (SSSR count). The van der Waals surface area contributed by atoms with E-state index in [4.69, 9.17) is 4.74 Å². The van der Waals surface area contributed by atoms with Gasteiger partial charge in [0.25, 0.3) is 0 Å². The van der Waals surface area contributed by atoms with Crippen LogP contribution in [-0.2, 0) is 0 Å². The van der Waals surface area contributed by atoms with E-state index in [-0.39, 0.29) is 0 Å². The van der Waals surface area contributed by atoms with Crippen LogP contribution in [0.5, 0.6) is 5.88 Å². The Balaban J connectivity index is 2.49. The zero-order valence-corrected chi connectivity index (χ0v) is 8.90. The van der Waals surface area contributed by atoms with Crippen molar-refractivity contribution in [2.45, 2.75) is 6.92 Å². The van der Waals surface area contributed by atoms with Crippen molar-refractivity contribution in [3.8, 4) is 17.0 Å². The molecule has 1 aromatic heterocycles. The Morgan fingerprint density at radius 2 is 1.93 bits per heavy atom. The molecule has 0 radical (unpaired) electrons. The summed E-state index contributed by atoms with van der Waals surface area (Å²) in [4.78, 5) is 4.09. The molecule has 2 heteroatoms. The summed E-state index contributed by atoms with van der Waals surface area (Å²) in [7, 11) is 1.63. The zero-order valence-electron chi connectivity index (χ0n) is 8.90. The first-order chi connectivity index (χ1) is 7.31. The monoisotopic (exact) mass is 199 g/mol. The van der Waals surface area contributed by atoms with Gasteiger partial charge in [0.1, 0.15) is 0 Å². The molecule has 15 heavy (non-hydrogen) atoms. The van der Waals surface area contributed by atoms with Crippen molar-refractivity contribution >= 4 is 0 Å². The van der Waals surface area contributed by atoms with Gasteiger partial charge in [-0.1, -0.05) is 24.3 Å². The van der Waals surface area contributed by atoms with Crippen LogP contribution in [0.15, 0.2) is 42.6 Å². The van der Waals surface area contributed by atoms with Crippen LogP contribution in [0.1, 0.15) is 5.56 Å². The average molecular weight is 199 g/mol. The molecule has 0 N–H and O–H groups in total. The minimum absolute atomic E-state index is 0.649. The van der Waals surface area contributed by atoms with Crippen LogP contribution < -0.4 is 4.74 Å². The van der Waals surface area contributed by atoms with Crippen molar-refractivity contribution in [2.24, 2.45) is 0 Å². The molecule has 0 unspecified atom stereocenters.